The predicted molar refractivity (Wildman–Crippen MR) is 105 cm³/mol. The summed E-state index contributed by atoms with van der Waals surface area (Å²) in [6.07, 6.45) is 6.71. The number of nitrogen functional groups attached to an aromatic ring is 1. The summed E-state index contributed by atoms with van der Waals surface area (Å²) in [6.45, 7) is 2.23. The van der Waals surface area contributed by atoms with E-state index in [4.69, 9.17) is 15.6 Å². The molecule has 1 fully saturated rings. The summed E-state index contributed by atoms with van der Waals surface area (Å²) in [5.41, 5.74) is 8.39. The molecule has 4 N–H and O–H groups in total. The van der Waals surface area contributed by atoms with Crippen LogP contribution in [0.1, 0.15) is 37.4 Å². The maximum atomic E-state index is 13.4. The van der Waals surface area contributed by atoms with Gasteiger partial charge >= 0.3 is 0 Å². The van der Waals surface area contributed by atoms with Crippen molar-refractivity contribution in [3.63, 3.8) is 0 Å². The average Bonchev–Trinajstić information content (AvgIpc) is 3.21. The number of fused-ring (bicyclic) bond motifs is 1. The summed E-state index contributed by atoms with van der Waals surface area (Å²) >= 11 is 0. The number of anilines is 1. The van der Waals surface area contributed by atoms with Crippen LogP contribution in [0.25, 0.3) is 22.2 Å². The molecule has 1 aliphatic carbocycles. The lowest BCUT2D eigenvalue weighted by Crippen LogP contribution is -2.32. The summed E-state index contributed by atoms with van der Waals surface area (Å²) < 4.78 is 7.43. The minimum Gasteiger partial charge on any atom is -0.394 e. The third-order valence-corrected chi connectivity index (χ3v) is 5.36. The van der Waals surface area contributed by atoms with Gasteiger partial charge in [-0.3, -0.25) is 14.5 Å². The van der Waals surface area contributed by atoms with E-state index in [9.17, 15) is 4.79 Å². The van der Waals surface area contributed by atoms with Crippen molar-refractivity contribution in [1.82, 2.24) is 24.7 Å². The number of aromatic nitrogens is 5. The fraction of sp³-hybridized carbons (Fsp3) is 0.474. The molecule has 1 saturated carbocycles. The Labute approximate surface area is 161 Å². The van der Waals surface area contributed by atoms with E-state index in [1.807, 2.05) is 13.0 Å². The van der Waals surface area contributed by atoms with E-state index in [0.29, 0.717) is 17.8 Å². The molecule has 0 aliphatic heterocycles. The van der Waals surface area contributed by atoms with E-state index in [2.05, 4.69) is 20.2 Å². The van der Waals surface area contributed by atoms with Gasteiger partial charge in [-0.05, 0) is 38.7 Å². The van der Waals surface area contributed by atoms with Crippen molar-refractivity contribution in [1.29, 1.82) is 0 Å². The lowest BCUT2D eigenvalue weighted by molar-refractivity contribution is 0.00169. The Kier molecular flexibility index (Phi) is 5.10. The van der Waals surface area contributed by atoms with Crippen molar-refractivity contribution in [2.75, 3.05) is 18.9 Å². The predicted octanol–water partition coefficient (Wildman–Crippen LogP) is 1.56. The van der Waals surface area contributed by atoms with Gasteiger partial charge in [-0.2, -0.15) is 10.1 Å². The van der Waals surface area contributed by atoms with Crippen LogP contribution in [0.2, 0.25) is 0 Å². The Balaban J connectivity index is 1.80. The van der Waals surface area contributed by atoms with Crippen LogP contribution >= 0.6 is 0 Å². The first-order valence-electron chi connectivity index (χ1n) is 9.49. The lowest BCUT2D eigenvalue weighted by atomic mass is 9.92. The van der Waals surface area contributed by atoms with Gasteiger partial charge in [0, 0.05) is 23.2 Å². The van der Waals surface area contributed by atoms with Gasteiger partial charge in [0.25, 0.3) is 5.56 Å². The molecule has 9 heteroatoms. The molecule has 3 aromatic rings. The molecule has 28 heavy (non-hydrogen) atoms. The third-order valence-electron chi connectivity index (χ3n) is 5.36. The van der Waals surface area contributed by atoms with Crippen molar-refractivity contribution in [2.24, 2.45) is 0 Å². The molecule has 148 valence electrons. The molecular weight excluding hydrogens is 360 g/mol. The number of nitrogens with zero attached hydrogens (tertiary/aromatic N) is 4. The Morgan fingerprint density at radius 2 is 2.11 bits per heavy atom. The summed E-state index contributed by atoms with van der Waals surface area (Å²) in [5, 5.41) is 16.5. The van der Waals surface area contributed by atoms with Crippen LogP contribution in [-0.2, 0) is 4.74 Å². The Hall–Kier alpha value is -2.78. The summed E-state index contributed by atoms with van der Waals surface area (Å²) in [7, 11) is 0. The highest BCUT2D eigenvalue weighted by atomic mass is 16.5. The second kappa shape index (κ2) is 7.69. The van der Waals surface area contributed by atoms with E-state index < -0.39 is 0 Å². The fourth-order valence-electron chi connectivity index (χ4n) is 4.01. The van der Waals surface area contributed by atoms with E-state index in [-0.39, 0.29) is 30.3 Å². The number of aryl methyl sites for hydroxylation is 1. The van der Waals surface area contributed by atoms with E-state index in [1.165, 1.54) is 0 Å². The molecule has 3 heterocycles. The molecule has 0 atom stereocenters. The number of H-pyrrole nitrogens is 1. The first-order chi connectivity index (χ1) is 13.6. The van der Waals surface area contributed by atoms with E-state index in [0.717, 1.165) is 42.3 Å². The number of nitrogens with one attached hydrogen (secondary N) is 1. The quantitative estimate of drug-likeness (QED) is 0.608. The maximum absolute atomic E-state index is 13.4. The number of rotatable bonds is 5. The number of aliphatic hydroxyl groups is 1. The molecule has 4 rings (SSSR count). The van der Waals surface area contributed by atoms with Crippen LogP contribution in [0.15, 0.2) is 23.3 Å². The minimum absolute atomic E-state index is 0.00419. The third kappa shape index (κ3) is 3.38. The summed E-state index contributed by atoms with van der Waals surface area (Å²) in [5.74, 6) is 0.161. The van der Waals surface area contributed by atoms with Crippen molar-refractivity contribution in [2.45, 2.75) is 44.8 Å². The molecular formula is C19H24N6O3. The van der Waals surface area contributed by atoms with Gasteiger partial charge in [-0.1, -0.05) is 0 Å². The van der Waals surface area contributed by atoms with Crippen molar-refractivity contribution in [3.8, 4) is 11.1 Å². The number of ether oxygens (including phenoxy) is 1. The van der Waals surface area contributed by atoms with Crippen LogP contribution in [0, 0.1) is 6.92 Å². The first kappa shape index (κ1) is 18.6. The number of nitrogens with two attached hydrogens (primary N) is 1. The second-order valence-electron chi connectivity index (χ2n) is 7.15. The zero-order valence-electron chi connectivity index (χ0n) is 15.8. The molecule has 1 aliphatic rings. The molecule has 0 unspecified atom stereocenters. The summed E-state index contributed by atoms with van der Waals surface area (Å²) in [6, 6.07) is 1.83. The second-order valence-corrected chi connectivity index (χ2v) is 7.15. The summed E-state index contributed by atoms with van der Waals surface area (Å²) in [4.78, 5) is 22.1. The van der Waals surface area contributed by atoms with Gasteiger partial charge in [0.15, 0.2) is 0 Å². The van der Waals surface area contributed by atoms with Crippen LogP contribution in [0.3, 0.4) is 0 Å². The Morgan fingerprint density at radius 1 is 1.32 bits per heavy atom. The number of aliphatic hydroxyl groups excluding tert-OH is 1. The fourth-order valence-corrected chi connectivity index (χ4v) is 4.01. The van der Waals surface area contributed by atoms with Gasteiger partial charge in [0.1, 0.15) is 5.65 Å². The van der Waals surface area contributed by atoms with Crippen molar-refractivity contribution < 1.29 is 9.84 Å². The highest BCUT2D eigenvalue weighted by molar-refractivity contribution is 5.83. The SMILES string of the molecule is Cc1nc(N)nc2c1cc(-c1cn[nH]c1)c(=O)n2[C@H]1CC[C@@H](OCCO)CC1. The topological polar surface area (TPSA) is 132 Å². The van der Waals surface area contributed by atoms with E-state index in [1.54, 1.807) is 17.0 Å². The molecule has 0 radical (unpaired) electrons. The van der Waals surface area contributed by atoms with Crippen LogP contribution in [-0.4, -0.2) is 49.2 Å². The average molecular weight is 384 g/mol. The maximum Gasteiger partial charge on any atom is 0.260 e. The van der Waals surface area contributed by atoms with Crippen molar-refractivity contribution in [3.05, 3.63) is 34.5 Å². The van der Waals surface area contributed by atoms with Gasteiger partial charge < -0.3 is 15.6 Å². The van der Waals surface area contributed by atoms with Crippen molar-refractivity contribution >= 4 is 17.0 Å². The van der Waals surface area contributed by atoms with Gasteiger partial charge in [0.05, 0.1) is 36.8 Å². The van der Waals surface area contributed by atoms with Gasteiger partial charge in [0.2, 0.25) is 5.95 Å². The smallest absolute Gasteiger partial charge is 0.260 e. The molecule has 0 aromatic carbocycles. The molecule has 9 nitrogen and oxygen atoms in total. The number of hydrogen-bond donors (Lipinski definition) is 3. The number of pyridine rings is 1. The van der Waals surface area contributed by atoms with Gasteiger partial charge in [-0.15, -0.1) is 0 Å². The highest BCUT2D eigenvalue weighted by Crippen LogP contribution is 2.32. The minimum atomic E-state index is -0.105. The Bertz CT molecular complexity index is 1020. The number of aromatic amines is 1. The molecule has 0 spiro atoms. The molecule has 0 bridgehead atoms. The molecule has 0 saturated heterocycles. The van der Waals surface area contributed by atoms with Gasteiger partial charge in [-0.25, -0.2) is 4.98 Å². The normalized spacial score (nSPS) is 19.9. The zero-order valence-corrected chi connectivity index (χ0v) is 15.8. The zero-order chi connectivity index (χ0) is 19.7. The van der Waals surface area contributed by atoms with Crippen LogP contribution < -0.4 is 11.3 Å². The lowest BCUT2D eigenvalue weighted by Gasteiger charge is -2.30. The van der Waals surface area contributed by atoms with Crippen LogP contribution in [0.4, 0.5) is 5.95 Å². The monoisotopic (exact) mass is 384 g/mol. The Morgan fingerprint density at radius 3 is 2.79 bits per heavy atom. The largest absolute Gasteiger partial charge is 0.394 e. The first-order valence-corrected chi connectivity index (χ1v) is 9.49. The molecule has 3 aromatic heterocycles. The van der Waals surface area contributed by atoms with Crippen LogP contribution in [0.5, 0.6) is 0 Å². The standard InChI is InChI=1S/C19H24N6O3/c1-11-15-8-16(12-9-21-22-10-12)18(27)25(17(15)24-19(20)23-11)13-2-4-14(5-3-13)28-7-6-26/h8-10,13-14,26H,2-7H2,1H3,(H,21,22)(H2,20,23,24)/t13-,14+. The molecule has 0 amide bonds. The van der Waals surface area contributed by atoms with E-state index >= 15 is 0 Å². The number of hydrogen-bond acceptors (Lipinski definition) is 7. The highest BCUT2D eigenvalue weighted by Gasteiger charge is 2.27.